The van der Waals surface area contributed by atoms with Crippen LogP contribution in [0.3, 0.4) is 0 Å². The van der Waals surface area contributed by atoms with Gasteiger partial charge in [0.05, 0.1) is 24.3 Å². The van der Waals surface area contributed by atoms with Crippen LogP contribution in [0.25, 0.3) is 11.3 Å². The van der Waals surface area contributed by atoms with Crippen molar-refractivity contribution >= 4 is 34.1 Å². The van der Waals surface area contributed by atoms with Gasteiger partial charge in [-0.05, 0) is 19.4 Å². The van der Waals surface area contributed by atoms with Gasteiger partial charge in [-0.15, -0.1) is 10.2 Å². The highest BCUT2D eigenvalue weighted by Gasteiger charge is 2.14. The molecule has 0 atom stereocenters. The van der Waals surface area contributed by atoms with Crippen LogP contribution in [0.2, 0.25) is 0 Å². The van der Waals surface area contributed by atoms with Crippen LogP contribution in [0.15, 0.2) is 35.6 Å². The van der Waals surface area contributed by atoms with Crippen LogP contribution in [-0.2, 0) is 16.1 Å². The topological polar surface area (TPSA) is 81.9 Å². The maximum absolute atomic E-state index is 12.2. The highest BCUT2D eigenvalue weighted by atomic mass is 32.2. The molecule has 0 unspecified atom stereocenters. The van der Waals surface area contributed by atoms with E-state index in [2.05, 4.69) is 56.3 Å². The monoisotopic (exact) mass is 403 g/mol. The zero-order valence-electron chi connectivity index (χ0n) is 15.4. The van der Waals surface area contributed by atoms with E-state index in [1.54, 1.807) is 7.11 Å². The summed E-state index contributed by atoms with van der Waals surface area (Å²) in [7, 11) is 1.67. The number of hydrogen-bond donors (Lipinski definition) is 1. The number of aromatic nitrogens is 4. The number of carbonyl (C=O) groups is 1. The third-order valence-electron chi connectivity index (χ3n) is 3.79. The molecule has 3 rings (SSSR count). The molecule has 0 saturated heterocycles. The van der Waals surface area contributed by atoms with Crippen LogP contribution in [0.5, 0.6) is 0 Å². The molecule has 1 aromatic carbocycles. The quantitative estimate of drug-likeness (QED) is 0.581. The molecule has 2 aromatic heterocycles. The smallest absolute Gasteiger partial charge is 0.236 e. The summed E-state index contributed by atoms with van der Waals surface area (Å²) in [6.07, 6.45) is 1.84. The molecule has 0 aliphatic rings. The summed E-state index contributed by atoms with van der Waals surface area (Å²) in [5.41, 5.74) is 3.31. The molecule has 1 N–H and O–H groups in total. The standard InChI is InChI=1S/C18H21N5O2S2/c1-12-4-6-14(7-5-12)15-10-19-18(23(15)8-9-25-3)26-11-16(24)20-17-22-21-13(2)27-17/h4-7,10H,8-9,11H2,1-3H3,(H,20,22,24). The highest BCUT2D eigenvalue weighted by molar-refractivity contribution is 7.99. The third kappa shape index (κ3) is 5.15. The van der Waals surface area contributed by atoms with Gasteiger partial charge in [-0.3, -0.25) is 10.1 Å². The summed E-state index contributed by atoms with van der Waals surface area (Å²) >= 11 is 2.74. The van der Waals surface area contributed by atoms with Crippen LogP contribution in [0.1, 0.15) is 10.6 Å². The number of aryl methyl sites for hydroxylation is 2. The number of thioether (sulfide) groups is 1. The molecule has 0 aliphatic heterocycles. The average Bonchev–Trinajstić information content (AvgIpc) is 3.24. The third-order valence-corrected chi connectivity index (χ3v) is 5.53. The van der Waals surface area contributed by atoms with Crippen molar-refractivity contribution < 1.29 is 9.53 Å². The number of benzene rings is 1. The predicted molar refractivity (Wildman–Crippen MR) is 108 cm³/mol. The number of hydrogen-bond acceptors (Lipinski definition) is 7. The molecule has 1 amide bonds. The minimum atomic E-state index is -0.130. The number of amides is 1. The predicted octanol–water partition coefficient (Wildman–Crippen LogP) is 3.40. The lowest BCUT2D eigenvalue weighted by molar-refractivity contribution is -0.113. The zero-order valence-corrected chi connectivity index (χ0v) is 17.1. The number of anilines is 1. The maximum atomic E-state index is 12.2. The van der Waals surface area contributed by atoms with Crippen molar-refractivity contribution in [1.29, 1.82) is 0 Å². The number of ether oxygens (including phenoxy) is 1. The molecule has 0 saturated carbocycles. The fourth-order valence-electron chi connectivity index (χ4n) is 2.46. The van der Waals surface area contributed by atoms with Crippen LogP contribution in [-0.4, -0.2) is 45.1 Å². The van der Waals surface area contributed by atoms with Crippen molar-refractivity contribution in [1.82, 2.24) is 19.7 Å². The van der Waals surface area contributed by atoms with Crippen molar-refractivity contribution in [3.63, 3.8) is 0 Å². The van der Waals surface area contributed by atoms with Gasteiger partial charge in [-0.2, -0.15) is 0 Å². The van der Waals surface area contributed by atoms with E-state index in [0.29, 0.717) is 18.3 Å². The molecule has 0 fully saturated rings. The molecular weight excluding hydrogens is 382 g/mol. The molecule has 9 heteroatoms. The lowest BCUT2D eigenvalue weighted by Gasteiger charge is -2.11. The second kappa shape index (κ2) is 9.12. The zero-order chi connectivity index (χ0) is 19.2. The van der Waals surface area contributed by atoms with Crippen LogP contribution < -0.4 is 5.32 Å². The van der Waals surface area contributed by atoms with Crippen molar-refractivity contribution in [3.05, 3.63) is 41.0 Å². The fraction of sp³-hybridized carbons (Fsp3) is 0.333. The Morgan fingerprint density at radius 3 is 2.70 bits per heavy atom. The summed E-state index contributed by atoms with van der Waals surface area (Å²) in [4.78, 5) is 16.7. The fourth-order valence-corrected chi connectivity index (χ4v) is 3.87. The van der Waals surface area contributed by atoms with Gasteiger partial charge in [-0.1, -0.05) is 52.9 Å². The summed E-state index contributed by atoms with van der Waals surface area (Å²) in [5.74, 6) is 0.116. The van der Waals surface area contributed by atoms with Gasteiger partial charge < -0.3 is 9.30 Å². The first-order chi connectivity index (χ1) is 13.1. The first-order valence-corrected chi connectivity index (χ1v) is 10.2. The summed E-state index contributed by atoms with van der Waals surface area (Å²) < 4.78 is 7.32. The van der Waals surface area contributed by atoms with Gasteiger partial charge in [0.15, 0.2) is 5.16 Å². The van der Waals surface area contributed by atoms with E-state index in [1.165, 1.54) is 28.7 Å². The van der Waals surface area contributed by atoms with Gasteiger partial charge in [0.1, 0.15) is 5.01 Å². The van der Waals surface area contributed by atoms with Crippen molar-refractivity contribution in [2.24, 2.45) is 0 Å². The normalized spacial score (nSPS) is 10.9. The van der Waals surface area contributed by atoms with Gasteiger partial charge >= 0.3 is 0 Å². The first-order valence-electron chi connectivity index (χ1n) is 8.41. The van der Waals surface area contributed by atoms with E-state index in [1.807, 2.05) is 13.1 Å². The van der Waals surface area contributed by atoms with Gasteiger partial charge in [-0.25, -0.2) is 4.98 Å². The first kappa shape index (κ1) is 19.5. The van der Waals surface area contributed by atoms with E-state index in [0.717, 1.165) is 21.4 Å². The Balaban J connectivity index is 1.72. The molecule has 0 aliphatic carbocycles. The second-order valence-corrected chi connectivity index (χ2v) is 8.02. The summed E-state index contributed by atoms with van der Waals surface area (Å²) in [6.45, 7) is 5.14. The molecule has 27 heavy (non-hydrogen) atoms. The van der Waals surface area contributed by atoms with Crippen LogP contribution in [0.4, 0.5) is 5.13 Å². The molecule has 0 bridgehead atoms. The van der Waals surface area contributed by atoms with Gasteiger partial charge in [0.2, 0.25) is 11.0 Å². The van der Waals surface area contributed by atoms with E-state index >= 15 is 0 Å². The lowest BCUT2D eigenvalue weighted by atomic mass is 10.1. The van der Waals surface area contributed by atoms with Crippen molar-refractivity contribution in [2.45, 2.75) is 25.5 Å². The Morgan fingerprint density at radius 2 is 2.04 bits per heavy atom. The Kier molecular flexibility index (Phi) is 6.59. The van der Waals surface area contributed by atoms with Gasteiger partial charge in [0.25, 0.3) is 0 Å². The molecule has 0 radical (unpaired) electrons. The molecular formula is C18H21N5O2S2. The van der Waals surface area contributed by atoms with Crippen LogP contribution in [0, 0.1) is 13.8 Å². The highest BCUT2D eigenvalue weighted by Crippen LogP contribution is 2.26. The molecule has 7 nitrogen and oxygen atoms in total. The number of rotatable bonds is 8. The van der Waals surface area contributed by atoms with E-state index in [9.17, 15) is 4.79 Å². The van der Waals surface area contributed by atoms with Crippen molar-refractivity contribution in [3.8, 4) is 11.3 Å². The molecule has 3 aromatic rings. The molecule has 142 valence electrons. The van der Waals surface area contributed by atoms with Gasteiger partial charge in [0, 0.05) is 13.7 Å². The number of methoxy groups -OCH3 is 1. The largest absolute Gasteiger partial charge is 0.383 e. The Bertz CT molecular complexity index is 905. The Hall–Kier alpha value is -2.23. The van der Waals surface area contributed by atoms with E-state index < -0.39 is 0 Å². The minimum Gasteiger partial charge on any atom is -0.383 e. The minimum absolute atomic E-state index is 0.130. The lowest BCUT2D eigenvalue weighted by Crippen LogP contribution is -2.15. The molecule has 2 heterocycles. The van der Waals surface area contributed by atoms with E-state index in [-0.39, 0.29) is 11.7 Å². The average molecular weight is 404 g/mol. The van der Waals surface area contributed by atoms with E-state index in [4.69, 9.17) is 4.74 Å². The Morgan fingerprint density at radius 1 is 1.26 bits per heavy atom. The number of carbonyl (C=O) groups excluding carboxylic acids is 1. The Labute approximate surface area is 166 Å². The van der Waals surface area contributed by atoms with Crippen molar-refractivity contribution in [2.75, 3.05) is 24.8 Å². The SMILES string of the molecule is COCCn1c(-c2ccc(C)cc2)cnc1SCC(=O)Nc1nnc(C)s1. The number of nitrogens with zero attached hydrogens (tertiary/aromatic N) is 4. The number of imidazole rings is 1. The molecule has 0 spiro atoms. The maximum Gasteiger partial charge on any atom is 0.236 e. The summed E-state index contributed by atoms with van der Waals surface area (Å²) in [6, 6.07) is 8.31. The second-order valence-electron chi connectivity index (χ2n) is 5.90. The van der Waals surface area contributed by atoms with Crippen LogP contribution >= 0.6 is 23.1 Å². The number of nitrogens with one attached hydrogen (secondary N) is 1. The summed E-state index contributed by atoms with van der Waals surface area (Å²) in [5, 5.41) is 12.7.